The third-order valence-corrected chi connectivity index (χ3v) is 4.71. The minimum atomic E-state index is -3.56. The van der Waals surface area contributed by atoms with Gasteiger partial charge in [-0.1, -0.05) is 18.2 Å². The Morgan fingerprint density at radius 3 is 2.68 bits per heavy atom. The van der Waals surface area contributed by atoms with Crippen molar-refractivity contribution >= 4 is 15.7 Å². The number of benzene rings is 1. The SMILES string of the molecule is O=S(=O)(c1ccccc1)N1CCOc2ncccc21. The Kier molecular flexibility index (Phi) is 2.87. The van der Waals surface area contributed by atoms with E-state index in [0.29, 0.717) is 18.2 Å². The van der Waals surface area contributed by atoms with Crippen molar-refractivity contribution in [1.82, 2.24) is 4.98 Å². The summed E-state index contributed by atoms with van der Waals surface area (Å²) in [5, 5.41) is 0. The number of hydrogen-bond donors (Lipinski definition) is 0. The summed E-state index contributed by atoms with van der Waals surface area (Å²) >= 11 is 0. The van der Waals surface area contributed by atoms with Crippen molar-refractivity contribution in [1.29, 1.82) is 0 Å². The molecule has 2 heterocycles. The average molecular weight is 276 g/mol. The monoisotopic (exact) mass is 276 g/mol. The molecule has 98 valence electrons. The number of aromatic nitrogens is 1. The fraction of sp³-hybridized carbons (Fsp3) is 0.154. The van der Waals surface area contributed by atoms with E-state index in [9.17, 15) is 8.42 Å². The molecule has 0 N–H and O–H groups in total. The Balaban J connectivity index is 2.09. The first kappa shape index (κ1) is 12.0. The first-order valence-corrected chi connectivity index (χ1v) is 7.29. The van der Waals surface area contributed by atoms with Crippen LogP contribution in [0.1, 0.15) is 0 Å². The van der Waals surface area contributed by atoms with E-state index in [1.165, 1.54) is 4.31 Å². The largest absolute Gasteiger partial charge is 0.474 e. The van der Waals surface area contributed by atoms with E-state index in [1.807, 2.05) is 0 Å². The number of ether oxygens (including phenoxy) is 1. The molecule has 0 radical (unpaired) electrons. The minimum Gasteiger partial charge on any atom is -0.474 e. The quantitative estimate of drug-likeness (QED) is 0.837. The van der Waals surface area contributed by atoms with Gasteiger partial charge in [0, 0.05) is 6.20 Å². The van der Waals surface area contributed by atoms with Crippen LogP contribution in [-0.4, -0.2) is 26.6 Å². The molecular weight excluding hydrogens is 264 g/mol. The van der Waals surface area contributed by atoms with Crippen molar-refractivity contribution < 1.29 is 13.2 Å². The molecule has 0 bridgehead atoms. The summed E-state index contributed by atoms with van der Waals surface area (Å²) in [6.07, 6.45) is 1.58. The van der Waals surface area contributed by atoms with E-state index >= 15 is 0 Å². The van der Waals surface area contributed by atoms with Crippen molar-refractivity contribution in [3.63, 3.8) is 0 Å². The van der Waals surface area contributed by atoms with Crippen LogP contribution in [0.2, 0.25) is 0 Å². The zero-order valence-electron chi connectivity index (χ0n) is 10.1. The van der Waals surface area contributed by atoms with Crippen LogP contribution in [0.25, 0.3) is 0 Å². The normalized spacial score (nSPS) is 14.6. The van der Waals surface area contributed by atoms with Crippen molar-refractivity contribution in [2.75, 3.05) is 17.5 Å². The summed E-state index contributed by atoms with van der Waals surface area (Å²) in [5.41, 5.74) is 0.484. The highest BCUT2D eigenvalue weighted by molar-refractivity contribution is 7.92. The molecule has 6 heteroatoms. The molecule has 0 unspecified atom stereocenters. The number of hydrogen-bond acceptors (Lipinski definition) is 4. The van der Waals surface area contributed by atoms with E-state index < -0.39 is 10.0 Å². The highest BCUT2D eigenvalue weighted by Crippen LogP contribution is 2.32. The maximum absolute atomic E-state index is 12.6. The molecule has 1 aromatic carbocycles. The first-order valence-electron chi connectivity index (χ1n) is 5.85. The van der Waals surface area contributed by atoms with Gasteiger partial charge in [-0.25, -0.2) is 13.4 Å². The second-order valence-corrected chi connectivity index (χ2v) is 5.93. The smallest absolute Gasteiger partial charge is 0.264 e. The fourth-order valence-corrected chi connectivity index (χ4v) is 3.47. The lowest BCUT2D eigenvalue weighted by atomic mass is 10.3. The van der Waals surface area contributed by atoms with Gasteiger partial charge >= 0.3 is 0 Å². The van der Waals surface area contributed by atoms with E-state index in [1.54, 1.807) is 48.7 Å². The number of fused-ring (bicyclic) bond motifs is 1. The molecule has 5 nitrogen and oxygen atoms in total. The molecule has 0 atom stereocenters. The molecule has 1 aliphatic rings. The number of sulfonamides is 1. The molecule has 1 aliphatic heterocycles. The summed E-state index contributed by atoms with van der Waals surface area (Å²) < 4.78 is 31.9. The number of anilines is 1. The lowest BCUT2D eigenvalue weighted by Crippen LogP contribution is -2.38. The molecule has 19 heavy (non-hydrogen) atoms. The third kappa shape index (κ3) is 2.04. The van der Waals surface area contributed by atoms with Crippen LogP contribution in [-0.2, 0) is 10.0 Å². The molecule has 3 rings (SSSR count). The van der Waals surface area contributed by atoms with Gasteiger partial charge in [0.2, 0.25) is 5.88 Å². The molecule has 0 fully saturated rings. The summed E-state index contributed by atoms with van der Waals surface area (Å²) in [7, 11) is -3.56. The van der Waals surface area contributed by atoms with Crippen molar-refractivity contribution in [2.24, 2.45) is 0 Å². The van der Waals surface area contributed by atoms with Crippen LogP contribution in [0.5, 0.6) is 5.88 Å². The molecule has 0 aliphatic carbocycles. The van der Waals surface area contributed by atoms with Crippen LogP contribution in [0.15, 0.2) is 53.6 Å². The van der Waals surface area contributed by atoms with Gasteiger partial charge in [-0.15, -0.1) is 0 Å². The van der Waals surface area contributed by atoms with Crippen LogP contribution in [0.3, 0.4) is 0 Å². The van der Waals surface area contributed by atoms with Crippen molar-refractivity contribution in [3.8, 4) is 5.88 Å². The predicted molar refractivity (Wildman–Crippen MR) is 70.7 cm³/mol. The average Bonchev–Trinajstić information content (AvgIpc) is 2.47. The van der Waals surface area contributed by atoms with Gasteiger partial charge in [0.25, 0.3) is 10.0 Å². The second-order valence-electron chi connectivity index (χ2n) is 4.07. The summed E-state index contributed by atoms with van der Waals surface area (Å²) in [6, 6.07) is 11.8. The van der Waals surface area contributed by atoms with Crippen molar-refractivity contribution in [3.05, 3.63) is 48.7 Å². The van der Waals surface area contributed by atoms with Gasteiger partial charge in [-0.2, -0.15) is 0 Å². The Bertz CT molecular complexity index is 686. The Morgan fingerprint density at radius 1 is 1.11 bits per heavy atom. The third-order valence-electron chi connectivity index (χ3n) is 2.88. The standard InChI is InChI=1S/C13H12N2O3S/c16-19(17,11-5-2-1-3-6-11)15-9-10-18-13-12(15)7-4-8-14-13/h1-8H,9-10H2. The number of rotatable bonds is 2. The van der Waals surface area contributed by atoms with Crippen LogP contribution in [0.4, 0.5) is 5.69 Å². The van der Waals surface area contributed by atoms with Gasteiger partial charge in [-0.3, -0.25) is 4.31 Å². The predicted octanol–water partition coefficient (Wildman–Crippen LogP) is 1.67. The van der Waals surface area contributed by atoms with E-state index in [2.05, 4.69) is 4.98 Å². The van der Waals surface area contributed by atoms with Gasteiger partial charge in [-0.05, 0) is 24.3 Å². The number of pyridine rings is 1. The maximum Gasteiger partial charge on any atom is 0.264 e. The second kappa shape index (κ2) is 4.55. The number of nitrogens with zero attached hydrogens (tertiary/aromatic N) is 2. The topological polar surface area (TPSA) is 59.5 Å². The molecule has 1 aromatic heterocycles. The van der Waals surface area contributed by atoms with Crippen LogP contribution in [0, 0.1) is 0 Å². The first-order chi connectivity index (χ1) is 9.19. The van der Waals surface area contributed by atoms with E-state index in [4.69, 9.17) is 4.74 Å². The Hall–Kier alpha value is -2.08. The zero-order chi connectivity index (χ0) is 13.3. The fourth-order valence-electron chi connectivity index (χ4n) is 2.00. The molecule has 0 spiro atoms. The Labute approximate surface area is 111 Å². The minimum absolute atomic E-state index is 0.270. The van der Waals surface area contributed by atoms with Crippen LogP contribution >= 0.6 is 0 Å². The summed E-state index contributed by atoms with van der Waals surface area (Å²) in [6.45, 7) is 0.589. The summed E-state index contributed by atoms with van der Waals surface area (Å²) in [4.78, 5) is 4.32. The Morgan fingerprint density at radius 2 is 1.89 bits per heavy atom. The lowest BCUT2D eigenvalue weighted by Gasteiger charge is -2.29. The lowest BCUT2D eigenvalue weighted by molar-refractivity contribution is 0.303. The van der Waals surface area contributed by atoms with Crippen LogP contribution < -0.4 is 9.04 Å². The molecule has 0 saturated carbocycles. The van der Waals surface area contributed by atoms with E-state index in [-0.39, 0.29) is 11.4 Å². The van der Waals surface area contributed by atoms with Crippen molar-refractivity contribution in [2.45, 2.75) is 4.90 Å². The molecule has 2 aromatic rings. The highest BCUT2D eigenvalue weighted by Gasteiger charge is 2.30. The molecule has 0 amide bonds. The van der Waals surface area contributed by atoms with Gasteiger partial charge < -0.3 is 4.74 Å². The molecule has 0 saturated heterocycles. The maximum atomic E-state index is 12.6. The summed E-state index contributed by atoms with van der Waals surface area (Å²) in [5.74, 6) is 0.355. The van der Waals surface area contributed by atoms with E-state index in [0.717, 1.165) is 0 Å². The zero-order valence-corrected chi connectivity index (χ0v) is 10.9. The van der Waals surface area contributed by atoms with Gasteiger partial charge in [0.05, 0.1) is 11.4 Å². The van der Waals surface area contributed by atoms with Gasteiger partial charge in [0.15, 0.2) is 0 Å². The van der Waals surface area contributed by atoms with Gasteiger partial charge in [0.1, 0.15) is 12.3 Å². The molecular formula is C13H12N2O3S. The highest BCUT2D eigenvalue weighted by atomic mass is 32.2.